The van der Waals surface area contributed by atoms with E-state index in [0.29, 0.717) is 6.42 Å². The molecule has 3 heteroatoms. The normalized spacial score (nSPS) is 24.3. The number of hydrogen-bond donors (Lipinski definition) is 1. The summed E-state index contributed by atoms with van der Waals surface area (Å²) >= 11 is 0. The van der Waals surface area contributed by atoms with Crippen LogP contribution in [0.4, 0.5) is 0 Å². The van der Waals surface area contributed by atoms with Crippen LogP contribution in [0.2, 0.25) is 0 Å². The monoisotopic (exact) mass is 365 g/mol. The van der Waals surface area contributed by atoms with Crippen molar-refractivity contribution in [2.45, 2.75) is 31.3 Å². The lowest BCUT2D eigenvalue weighted by atomic mass is 9.68. The Morgan fingerprint density at radius 1 is 1.11 bits per heavy atom. The predicted molar refractivity (Wildman–Crippen MR) is 112 cm³/mol. The first-order valence-corrected chi connectivity index (χ1v) is 9.77. The Kier molecular flexibility index (Phi) is 6.35. The fourth-order valence-electron chi connectivity index (χ4n) is 4.20. The van der Waals surface area contributed by atoms with Gasteiger partial charge in [-0.25, -0.2) is 0 Å². The molecule has 0 aromatic heterocycles. The van der Waals surface area contributed by atoms with Crippen LogP contribution < -0.4 is 4.74 Å². The fraction of sp³-hybridized carbons (Fsp3) is 0.417. The van der Waals surface area contributed by atoms with Gasteiger partial charge < -0.3 is 14.7 Å². The Balaban J connectivity index is 1.96. The van der Waals surface area contributed by atoms with E-state index in [-0.39, 0.29) is 5.92 Å². The molecule has 0 bridgehead atoms. The summed E-state index contributed by atoms with van der Waals surface area (Å²) in [6.07, 6.45) is 5.97. The highest BCUT2D eigenvalue weighted by Crippen LogP contribution is 2.41. The molecule has 27 heavy (non-hydrogen) atoms. The quantitative estimate of drug-likeness (QED) is 0.823. The van der Waals surface area contributed by atoms with Crippen molar-refractivity contribution in [3.05, 3.63) is 71.3 Å². The number of hydrogen-bond acceptors (Lipinski definition) is 3. The lowest BCUT2D eigenvalue weighted by molar-refractivity contribution is -0.0123. The first kappa shape index (κ1) is 19.7. The molecule has 144 valence electrons. The predicted octanol–water partition coefficient (Wildman–Crippen LogP) is 4.41. The van der Waals surface area contributed by atoms with Gasteiger partial charge in [0.05, 0.1) is 12.7 Å². The maximum Gasteiger partial charge on any atom is 0.118 e. The van der Waals surface area contributed by atoms with Gasteiger partial charge in [0.15, 0.2) is 0 Å². The largest absolute Gasteiger partial charge is 0.497 e. The summed E-state index contributed by atoms with van der Waals surface area (Å²) in [5, 5.41) is 11.9. The lowest BCUT2D eigenvalue weighted by Crippen LogP contribution is -2.48. The number of methoxy groups -OCH3 is 1. The molecular weight excluding hydrogens is 334 g/mol. The van der Waals surface area contributed by atoms with Gasteiger partial charge in [-0.05, 0) is 62.2 Å². The number of rotatable bonds is 6. The van der Waals surface area contributed by atoms with E-state index in [9.17, 15) is 5.11 Å². The molecule has 1 fully saturated rings. The molecular formula is C24H31NO2. The molecule has 0 saturated heterocycles. The highest BCUT2D eigenvalue weighted by Gasteiger charge is 2.42. The van der Waals surface area contributed by atoms with E-state index in [1.807, 2.05) is 18.2 Å². The molecule has 2 atom stereocenters. The second kappa shape index (κ2) is 8.73. The minimum Gasteiger partial charge on any atom is -0.497 e. The maximum absolute atomic E-state index is 11.9. The first-order chi connectivity index (χ1) is 13.0. The Morgan fingerprint density at radius 2 is 1.81 bits per heavy atom. The standard InChI is InChI=1S/C24H31NO2/c1-25(2)18-22-11-7-10-21(16-19-12-14-23(27-3)15-13-19)24(22,26)17-20-8-5-4-6-9-20/h4-6,8-9,12-16,22,26H,7,10-11,17-18H2,1-3H3. The van der Waals surface area contributed by atoms with Crippen molar-refractivity contribution in [2.75, 3.05) is 27.7 Å². The van der Waals surface area contributed by atoms with Crippen molar-refractivity contribution in [1.82, 2.24) is 4.90 Å². The second-order valence-corrected chi connectivity index (χ2v) is 7.88. The number of ether oxygens (including phenoxy) is 1. The van der Waals surface area contributed by atoms with Crippen LogP contribution in [0.1, 0.15) is 30.4 Å². The zero-order valence-electron chi connectivity index (χ0n) is 16.7. The average molecular weight is 366 g/mol. The van der Waals surface area contributed by atoms with Crippen LogP contribution in [0.3, 0.4) is 0 Å². The lowest BCUT2D eigenvalue weighted by Gasteiger charge is -2.43. The topological polar surface area (TPSA) is 32.7 Å². The number of benzene rings is 2. The second-order valence-electron chi connectivity index (χ2n) is 7.88. The molecule has 1 aliphatic rings. The van der Waals surface area contributed by atoms with Gasteiger partial charge in [-0.1, -0.05) is 48.5 Å². The van der Waals surface area contributed by atoms with E-state index < -0.39 is 5.60 Å². The molecule has 3 rings (SSSR count). The highest BCUT2D eigenvalue weighted by molar-refractivity contribution is 5.57. The van der Waals surface area contributed by atoms with E-state index in [0.717, 1.165) is 42.7 Å². The van der Waals surface area contributed by atoms with E-state index in [4.69, 9.17) is 4.74 Å². The van der Waals surface area contributed by atoms with Crippen molar-refractivity contribution >= 4 is 6.08 Å². The van der Waals surface area contributed by atoms with Crippen molar-refractivity contribution in [3.63, 3.8) is 0 Å². The van der Waals surface area contributed by atoms with Crippen molar-refractivity contribution in [1.29, 1.82) is 0 Å². The minimum absolute atomic E-state index is 0.228. The smallest absolute Gasteiger partial charge is 0.118 e. The van der Waals surface area contributed by atoms with Crippen LogP contribution in [-0.2, 0) is 6.42 Å². The van der Waals surface area contributed by atoms with Crippen LogP contribution in [0.15, 0.2) is 60.2 Å². The van der Waals surface area contributed by atoms with Crippen LogP contribution >= 0.6 is 0 Å². The van der Waals surface area contributed by atoms with Gasteiger partial charge in [0.2, 0.25) is 0 Å². The Hall–Kier alpha value is -2.10. The summed E-state index contributed by atoms with van der Waals surface area (Å²) in [6, 6.07) is 18.4. The van der Waals surface area contributed by atoms with E-state index in [1.165, 1.54) is 5.56 Å². The summed E-state index contributed by atoms with van der Waals surface area (Å²) in [6.45, 7) is 0.892. The summed E-state index contributed by atoms with van der Waals surface area (Å²) < 4.78 is 5.26. The molecule has 0 radical (unpaired) electrons. The minimum atomic E-state index is -0.816. The third-order valence-corrected chi connectivity index (χ3v) is 5.59. The first-order valence-electron chi connectivity index (χ1n) is 9.77. The van der Waals surface area contributed by atoms with E-state index in [1.54, 1.807) is 7.11 Å². The van der Waals surface area contributed by atoms with E-state index >= 15 is 0 Å². The van der Waals surface area contributed by atoms with Crippen molar-refractivity contribution in [2.24, 2.45) is 5.92 Å². The van der Waals surface area contributed by atoms with Crippen LogP contribution in [0.25, 0.3) is 6.08 Å². The highest BCUT2D eigenvalue weighted by atomic mass is 16.5. The van der Waals surface area contributed by atoms with Gasteiger partial charge >= 0.3 is 0 Å². The Labute approximate surface area is 163 Å². The molecule has 1 aliphatic carbocycles. The van der Waals surface area contributed by atoms with Gasteiger partial charge in [0.25, 0.3) is 0 Å². The molecule has 0 spiro atoms. The molecule has 1 saturated carbocycles. The average Bonchev–Trinajstić information content (AvgIpc) is 2.66. The van der Waals surface area contributed by atoms with Crippen molar-refractivity contribution < 1.29 is 9.84 Å². The van der Waals surface area contributed by atoms with Gasteiger partial charge in [-0.15, -0.1) is 0 Å². The summed E-state index contributed by atoms with van der Waals surface area (Å²) in [7, 11) is 5.86. The zero-order valence-corrected chi connectivity index (χ0v) is 16.7. The summed E-state index contributed by atoms with van der Waals surface area (Å²) in [5.41, 5.74) is 2.63. The summed E-state index contributed by atoms with van der Waals surface area (Å²) in [4.78, 5) is 2.19. The molecule has 0 amide bonds. The molecule has 0 heterocycles. The zero-order chi connectivity index (χ0) is 19.3. The molecule has 2 unspecified atom stereocenters. The number of nitrogens with zero attached hydrogens (tertiary/aromatic N) is 1. The van der Waals surface area contributed by atoms with Gasteiger partial charge in [-0.2, -0.15) is 0 Å². The van der Waals surface area contributed by atoms with Crippen LogP contribution in [-0.4, -0.2) is 43.4 Å². The molecule has 1 N–H and O–H groups in total. The molecule has 3 nitrogen and oxygen atoms in total. The van der Waals surface area contributed by atoms with Gasteiger partial charge in [-0.3, -0.25) is 0 Å². The Bertz CT molecular complexity index is 752. The number of aliphatic hydroxyl groups is 1. The third kappa shape index (κ3) is 4.79. The van der Waals surface area contributed by atoms with Crippen LogP contribution in [0.5, 0.6) is 5.75 Å². The maximum atomic E-state index is 11.9. The molecule has 2 aromatic rings. The van der Waals surface area contributed by atoms with Gasteiger partial charge in [0.1, 0.15) is 5.75 Å². The summed E-state index contributed by atoms with van der Waals surface area (Å²) in [5.74, 6) is 1.08. The van der Waals surface area contributed by atoms with Gasteiger partial charge in [0, 0.05) is 18.9 Å². The van der Waals surface area contributed by atoms with Crippen molar-refractivity contribution in [3.8, 4) is 5.75 Å². The molecule has 2 aromatic carbocycles. The molecule has 0 aliphatic heterocycles. The SMILES string of the molecule is COc1ccc(C=C2CCCC(CN(C)C)C2(O)Cc2ccccc2)cc1. The Morgan fingerprint density at radius 3 is 2.44 bits per heavy atom. The van der Waals surface area contributed by atoms with E-state index in [2.05, 4.69) is 61.5 Å². The third-order valence-electron chi connectivity index (χ3n) is 5.59. The fourth-order valence-corrected chi connectivity index (χ4v) is 4.20. The van der Waals surface area contributed by atoms with Crippen LogP contribution in [0, 0.1) is 5.92 Å².